The smallest absolute Gasteiger partial charge is 0.315 e. The predicted molar refractivity (Wildman–Crippen MR) is 67.9 cm³/mol. The summed E-state index contributed by atoms with van der Waals surface area (Å²) in [6, 6.07) is 4.28. The van der Waals surface area contributed by atoms with E-state index in [9.17, 15) is 19.7 Å². The number of carboxylic acid groups (broad SMARTS) is 1. The van der Waals surface area contributed by atoms with E-state index >= 15 is 0 Å². The molecule has 0 radical (unpaired) electrons. The van der Waals surface area contributed by atoms with E-state index in [1.54, 1.807) is 13.0 Å². The highest BCUT2D eigenvalue weighted by molar-refractivity contribution is 6.03. The van der Waals surface area contributed by atoms with E-state index in [1.165, 1.54) is 19.1 Å². The Labute approximate surface area is 109 Å². The van der Waals surface area contributed by atoms with Gasteiger partial charge in [-0.25, -0.2) is 0 Å². The Morgan fingerprint density at radius 3 is 2.58 bits per heavy atom. The first kappa shape index (κ1) is 14.6. The largest absolute Gasteiger partial charge is 0.481 e. The minimum atomic E-state index is -1.25. The number of nitrogens with zero attached hydrogens (tertiary/aromatic N) is 1. The molecular formula is C12H14N2O5. The molecular weight excluding hydrogens is 252 g/mol. The van der Waals surface area contributed by atoms with Gasteiger partial charge < -0.3 is 10.4 Å². The number of nitro groups is 1. The molecule has 0 spiro atoms. The van der Waals surface area contributed by atoms with Crippen molar-refractivity contribution >= 4 is 23.3 Å². The van der Waals surface area contributed by atoms with Crippen LogP contribution in [-0.2, 0) is 16.0 Å². The number of hydrogen-bond acceptors (Lipinski definition) is 4. The van der Waals surface area contributed by atoms with E-state index in [1.807, 2.05) is 0 Å². The molecule has 7 nitrogen and oxygen atoms in total. The van der Waals surface area contributed by atoms with E-state index in [4.69, 9.17) is 5.11 Å². The third-order valence-corrected chi connectivity index (χ3v) is 2.69. The highest BCUT2D eigenvalue weighted by atomic mass is 16.6. The molecule has 2 N–H and O–H groups in total. The van der Waals surface area contributed by atoms with Gasteiger partial charge in [-0.05, 0) is 19.4 Å². The molecule has 19 heavy (non-hydrogen) atoms. The lowest BCUT2D eigenvalue weighted by Gasteiger charge is -2.09. The molecule has 0 fully saturated rings. The number of aryl methyl sites for hydroxylation is 1. The van der Waals surface area contributed by atoms with Crippen molar-refractivity contribution in [3.05, 3.63) is 33.9 Å². The highest BCUT2D eigenvalue weighted by Gasteiger charge is 2.21. The van der Waals surface area contributed by atoms with Crippen LogP contribution in [0.3, 0.4) is 0 Å². The van der Waals surface area contributed by atoms with Gasteiger partial charge in [0.25, 0.3) is 5.69 Å². The van der Waals surface area contributed by atoms with Crippen LogP contribution in [-0.4, -0.2) is 21.9 Å². The van der Waals surface area contributed by atoms with E-state index in [2.05, 4.69) is 5.32 Å². The molecule has 0 saturated carbocycles. The monoisotopic (exact) mass is 266 g/mol. The summed E-state index contributed by atoms with van der Waals surface area (Å²) in [5, 5.41) is 21.9. The Bertz CT molecular complexity index is 527. The van der Waals surface area contributed by atoms with Crippen LogP contribution in [0.5, 0.6) is 0 Å². The quantitative estimate of drug-likeness (QED) is 0.480. The zero-order valence-electron chi connectivity index (χ0n) is 10.5. The number of rotatable bonds is 5. The zero-order chi connectivity index (χ0) is 14.6. The van der Waals surface area contributed by atoms with Gasteiger partial charge in [-0.2, -0.15) is 0 Å². The van der Waals surface area contributed by atoms with Gasteiger partial charge in [0, 0.05) is 17.3 Å². The van der Waals surface area contributed by atoms with Crippen molar-refractivity contribution in [2.24, 2.45) is 5.92 Å². The van der Waals surface area contributed by atoms with Crippen LogP contribution in [0.4, 0.5) is 11.4 Å². The summed E-state index contributed by atoms with van der Waals surface area (Å²) in [5.41, 5.74) is 0.666. The van der Waals surface area contributed by atoms with Gasteiger partial charge in [-0.15, -0.1) is 0 Å². The normalized spacial score (nSPS) is 11.7. The second-order valence-corrected chi connectivity index (χ2v) is 4.00. The minimum Gasteiger partial charge on any atom is -0.481 e. The maximum atomic E-state index is 11.5. The molecule has 0 saturated heterocycles. The predicted octanol–water partition coefficient (Wildman–Crippen LogP) is 1.82. The maximum Gasteiger partial charge on any atom is 0.315 e. The number of carboxylic acids is 1. The fourth-order valence-corrected chi connectivity index (χ4v) is 1.47. The molecule has 0 aliphatic carbocycles. The maximum absolute atomic E-state index is 11.5. The van der Waals surface area contributed by atoms with Gasteiger partial charge in [0.1, 0.15) is 5.92 Å². The first-order valence-corrected chi connectivity index (χ1v) is 5.67. The first-order chi connectivity index (χ1) is 8.86. The molecule has 1 amide bonds. The molecule has 1 aromatic rings. The molecule has 102 valence electrons. The lowest BCUT2D eigenvalue weighted by molar-refractivity contribution is -0.385. The van der Waals surface area contributed by atoms with E-state index in [0.717, 1.165) is 0 Å². The van der Waals surface area contributed by atoms with Crippen molar-refractivity contribution in [2.75, 3.05) is 5.32 Å². The second kappa shape index (κ2) is 5.94. The Hall–Kier alpha value is -2.44. The first-order valence-electron chi connectivity index (χ1n) is 5.67. The minimum absolute atomic E-state index is 0.0942. The molecule has 1 aromatic carbocycles. The van der Waals surface area contributed by atoms with Gasteiger partial charge in [0.15, 0.2) is 0 Å². The molecule has 0 aliphatic rings. The lowest BCUT2D eigenvalue weighted by atomic mass is 10.1. The molecule has 1 atom stereocenters. The van der Waals surface area contributed by atoms with E-state index in [-0.39, 0.29) is 11.4 Å². The number of carbonyl (C=O) groups excluding carboxylic acids is 1. The number of nitro benzene ring substituents is 1. The number of benzene rings is 1. The summed E-state index contributed by atoms with van der Waals surface area (Å²) in [7, 11) is 0. The molecule has 7 heteroatoms. The summed E-state index contributed by atoms with van der Waals surface area (Å²) >= 11 is 0. The van der Waals surface area contributed by atoms with Crippen LogP contribution in [0.1, 0.15) is 19.4 Å². The highest BCUT2D eigenvalue weighted by Crippen LogP contribution is 2.24. The third-order valence-electron chi connectivity index (χ3n) is 2.69. The molecule has 0 aliphatic heterocycles. The lowest BCUT2D eigenvalue weighted by Crippen LogP contribution is -2.26. The van der Waals surface area contributed by atoms with Gasteiger partial charge in [0.2, 0.25) is 5.91 Å². The van der Waals surface area contributed by atoms with E-state index < -0.39 is 22.7 Å². The number of aliphatic carboxylic acids is 1. The standard InChI is InChI=1S/C12H14N2O5/c1-3-8-4-5-9(6-10(8)14(18)19)13-11(15)7(2)12(16)17/h4-7H,3H2,1-2H3,(H,13,15)(H,16,17). The third kappa shape index (κ3) is 3.51. The van der Waals surface area contributed by atoms with Crippen LogP contribution in [0.25, 0.3) is 0 Å². The SMILES string of the molecule is CCc1ccc(NC(=O)C(C)C(=O)O)cc1[N+](=O)[O-]. The number of anilines is 1. The van der Waals surface area contributed by atoms with E-state index in [0.29, 0.717) is 12.0 Å². The summed E-state index contributed by atoms with van der Waals surface area (Å²) in [4.78, 5) is 32.5. The molecule has 1 rings (SSSR count). The average Bonchev–Trinajstić information content (AvgIpc) is 2.37. The van der Waals surface area contributed by atoms with Crippen LogP contribution < -0.4 is 5.32 Å². The fourth-order valence-electron chi connectivity index (χ4n) is 1.47. The summed E-state index contributed by atoms with van der Waals surface area (Å²) < 4.78 is 0. The van der Waals surface area contributed by atoms with Gasteiger partial charge in [0.05, 0.1) is 4.92 Å². The number of amides is 1. The fraction of sp³-hybridized carbons (Fsp3) is 0.333. The van der Waals surface area contributed by atoms with Crippen molar-refractivity contribution in [3.8, 4) is 0 Å². The molecule has 0 aromatic heterocycles. The average molecular weight is 266 g/mol. The summed E-state index contributed by atoms with van der Waals surface area (Å²) in [5.74, 6) is -3.19. The van der Waals surface area contributed by atoms with Gasteiger partial charge in [-0.1, -0.05) is 13.0 Å². The molecule has 1 unspecified atom stereocenters. The van der Waals surface area contributed by atoms with Crippen molar-refractivity contribution < 1.29 is 19.6 Å². The van der Waals surface area contributed by atoms with Gasteiger partial charge >= 0.3 is 5.97 Å². The number of carbonyl (C=O) groups is 2. The molecule has 0 bridgehead atoms. The Morgan fingerprint density at radius 2 is 2.11 bits per heavy atom. The van der Waals surface area contributed by atoms with Crippen LogP contribution >= 0.6 is 0 Å². The van der Waals surface area contributed by atoms with Crippen molar-refractivity contribution in [2.45, 2.75) is 20.3 Å². The van der Waals surface area contributed by atoms with Crippen LogP contribution in [0, 0.1) is 16.0 Å². The number of hydrogen-bond donors (Lipinski definition) is 2. The Morgan fingerprint density at radius 1 is 1.47 bits per heavy atom. The van der Waals surface area contributed by atoms with Crippen LogP contribution in [0.2, 0.25) is 0 Å². The number of nitrogens with one attached hydrogen (secondary N) is 1. The van der Waals surface area contributed by atoms with Crippen LogP contribution in [0.15, 0.2) is 18.2 Å². The Balaban J connectivity index is 2.97. The van der Waals surface area contributed by atoms with Gasteiger partial charge in [-0.3, -0.25) is 19.7 Å². The second-order valence-electron chi connectivity index (χ2n) is 4.00. The van der Waals surface area contributed by atoms with Crippen molar-refractivity contribution in [3.63, 3.8) is 0 Å². The Kier molecular flexibility index (Phi) is 4.57. The zero-order valence-corrected chi connectivity index (χ0v) is 10.5. The summed E-state index contributed by atoms with van der Waals surface area (Å²) in [6.45, 7) is 3.03. The van der Waals surface area contributed by atoms with Crippen molar-refractivity contribution in [1.82, 2.24) is 0 Å². The topological polar surface area (TPSA) is 110 Å². The van der Waals surface area contributed by atoms with Crippen molar-refractivity contribution in [1.29, 1.82) is 0 Å². The molecule has 0 heterocycles. The summed E-state index contributed by atoms with van der Waals surface area (Å²) in [6.07, 6.45) is 0.496.